The maximum Gasteiger partial charge on any atom is 0.417 e. The molecule has 0 radical (unpaired) electrons. The summed E-state index contributed by atoms with van der Waals surface area (Å²) in [6, 6.07) is 9.56. The van der Waals surface area contributed by atoms with E-state index in [1.165, 1.54) is 21.9 Å². The van der Waals surface area contributed by atoms with Gasteiger partial charge in [-0.25, -0.2) is 0 Å². The largest absolute Gasteiger partial charge is 0.417 e. The third kappa shape index (κ3) is 4.73. The summed E-state index contributed by atoms with van der Waals surface area (Å²) in [5.41, 5.74) is -6.84. The summed E-state index contributed by atoms with van der Waals surface area (Å²) >= 11 is 0. The fraction of sp³-hybridized carbons (Fsp3) is 0.600. The lowest BCUT2D eigenvalue weighted by Gasteiger charge is -2.45. The van der Waals surface area contributed by atoms with E-state index in [1.807, 2.05) is 13.8 Å². The summed E-state index contributed by atoms with van der Waals surface area (Å²) in [6.07, 6.45) is -11.8. The van der Waals surface area contributed by atoms with Gasteiger partial charge in [0.25, 0.3) is 0 Å². The average Bonchev–Trinajstić information content (AvgIpc) is 3.93. The van der Waals surface area contributed by atoms with E-state index < -0.39 is 105 Å². The summed E-state index contributed by atoms with van der Waals surface area (Å²) < 4.78 is 105. The van der Waals surface area contributed by atoms with Gasteiger partial charge in [-0.05, 0) is 50.2 Å². The van der Waals surface area contributed by atoms with Crippen molar-refractivity contribution in [3.63, 3.8) is 0 Å². The van der Waals surface area contributed by atoms with Crippen molar-refractivity contribution in [2.75, 3.05) is 23.0 Å². The molecule has 2 aromatic rings. The summed E-state index contributed by atoms with van der Waals surface area (Å²) in [4.78, 5) is 29.4. The van der Waals surface area contributed by atoms with Crippen LogP contribution < -0.4 is 9.80 Å². The number of alkyl halides is 6. The molecule has 12 nitrogen and oxygen atoms in total. The van der Waals surface area contributed by atoms with Crippen molar-refractivity contribution in [3.05, 3.63) is 58.7 Å². The average molecular weight is 817 g/mol. The van der Waals surface area contributed by atoms with Gasteiger partial charge in [0.15, 0.2) is 0 Å². The van der Waals surface area contributed by atoms with Crippen LogP contribution in [0.1, 0.15) is 62.8 Å². The van der Waals surface area contributed by atoms with Gasteiger partial charge in [0.05, 0.1) is 94.7 Å². The number of nitrogens with zero attached hydrogens (tertiary/aromatic N) is 4. The van der Waals surface area contributed by atoms with Crippen molar-refractivity contribution in [2.24, 2.45) is 35.5 Å². The van der Waals surface area contributed by atoms with Crippen LogP contribution in [0.3, 0.4) is 0 Å². The number of carbonyl (C=O) groups is 2. The fourth-order valence-corrected chi connectivity index (χ4v) is 11.9. The van der Waals surface area contributed by atoms with E-state index >= 15 is 0 Å². The molecule has 2 spiro atoms. The monoisotopic (exact) mass is 816 g/mol. The van der Waals surface area contributed by atoms with Crippen LogP contribution in [0, 0.1) is 58.2 Å². The van der Waals surface area contributed by atoms with Crippen LogP contribution >= 0.6 is 0 Å². The first-order chi connectivity index (χ1) is 27.1. The lowest BCUT2D eigenvalue weighted by atomic mass is 9.60. The molecule has 0 unspecified atom stereocenters. The maximum absolute atomic E-state index is 13.4. The first-order valence-electron chi connectivity index (χ1n) is 19.0. The van der Waals surface area contributed by atoms with Gasteiger partial charge in [-0.2, -0.15) is 36.9 Å². The first-order valence-corrected chi connectivity index (χ1v) is 19.0. The Hall–Kier alpha value is -4.30. The zero-order chi connectivity index (χ0) is 41.9. The van der Waals surface area contributed by atoms with E-state index in [1.54, 1.807) is 26.0 Å². The molecule has 2 amide bonds. The lowest BCUT2D eigenvalue weighted by molar-refractivity contribution is -0.164. The van der Waals surface area contributed by atoms with Crippen molar-refractivity contribution < 1.29 is 65.1 Å². The molecule has 18 heteroatoms. The van der Waals surface area contributed by atoms with Gasteiger partial charge in [-0.3, -0.25) is 19.4 Å². The van der Waals surface area contributed by atoms with Crippen LogP contribution in [0.5, 0.6) is 0 Å². The number of amides is 2. The highest BCUT2D eigenvalue weighted by Gasteiger charge is 2.82. The minimum atomic E-state index is -4.73. The van der Waals surface area contributed by atoms with E-state index in [0.29, 0.717) is 12.8 Å². The molecule has 0 aromatic heterocycles. The molecule has 8 saturated heterocycles. The smallest absolute Gasteiger partial charge is 0.390 e. The molecule has 8 aliphatic rings. The van der Waals surface area contributed by atoms with E-state index in [2.05, 4.69) is 0 Å². The number of ether oxygens (including phenoxy) is 4. The van der Waals surface area contributed by atoms with Gasteiger partial charge in [0, 0.05) is 36.1 Å². The van der Waals surface area contributed by atoms with E-state index in [9.17, 15) is 46.1 Å². The second-order valence-corrected chi connectivity index (χ2v) is 17.1. The van der Waals surface area contributed by atoms with Gasteiger partial charge >= 0.3 is 12.4 Å². The normalized spacial score (nSPS) is 42.9. The fourth-order valence-electron chi connectivity index (χ4n) is 11.9. The van der Waals surface area contributed by atoms with Gasteiger partial charge in [-0.15, -0.1) is 0 Å². The van der Waals surface area contributed by atoms with E-state index in [0.717, 1.165) is 24.3 Å². The van der Waals surface area contributed by atoms with Crippen LogP contribution in [0.2, 0.25) is 0 Å². The topological polar surface area (TPSA) is 166 Å². The van der Waals surface area contributed by atoms with Gasteiger partial charge in [-0.1, -0.05) is 13.8 Å². The first kappa shape index (κ1) is 39.2. The SMILES string of the molecule is C[C@@H]1[C@H](O)[C@@]23CCO[C@H]4[C@@H]2[C@H](C(=O)N4c2ccc(C#N)c(C(F)(F)F)c2)[C@]1(C)O3.C[C@H]1[C@H](O)[C@@]23CCO[C@H]4[C@@H]2[C@H](C(=O)N4c2ccc(C#N)c(C(F)(F)F)c2)[C@]1(C)O3. The number of aliphatic hydroxyl groups is 2. The quantitative estimate of drug-likeness (QED) is 0.399. The number of carbonyl (C=O) groups excluding carboxylic acids is 2. The van der Waals surface area contributed by atoms with E-state index in [4.69, 9.17) is 29.5 Å². The van der Waals surface area contributed by atoms with E-state index in [-0.39, 0.29) is 48.2 Å². The molecule has 4 bridgehead atoms. The molecule has 308 valence electrons. The number of nitriles is 2. The Bertz CT molecular complexity index is 2070. The third-order valence-electron chi connectivity index (χ3n) is 14.8. The highest BCUT2D eigenvalue weighted by atomic mass is 19.4. The molecule has 0 saturated carbocycles. The van der Waals surface area contributed by atoms with Crippen molar-refractivity contribution in [1.82, 2.24) is 0 Å². The minimum Gasteiger partial charge on any atom is -0.390 e. The summed E-state index contributed by atoms with van der Waals surface area (Å²) in [5.74, 6) is -3.50. The number of halogens is 6. The van der Waals surface area contributed by atoms with Gasteiger partial charge in [0.2, 0.25) is 11.8 Å². The molecule has 8 fully saturated rings. The molecule has 8 heterocycles. The van der Waals surface area contributed by atoms with Crippen LogP contribution in [0.15, 0.2) is 36.4 Å². The maximum atomic E-state index is 13.4. The standard InChI is InChI=1S/2C20H19F3N2O4/c2*1-9-15(26)19-5-6-28-17-14(19)13(18(9,2)29-19)16(27)25(17)11-4-3-10(8-24)12(7-11)20(21,22)23/h2*3-4,7,9,13-15,17,26H,5-6H2,1-2H3/t9-,13+,14-,15-,17-,18+,19+;9-,13-,14+,15+,17+,18-,19-/m01/s1. The highest BCUT2D eigenvalue weighted by Crippen LogP contribution is 2.68. The molecule has 58 heavy (non-hydrogen) atoms. The molecule has 14 atom stereocenters. The Kier molecular flexibility index (Phi) is 8.20. The summed E-state index contributed by atoms with van der Waals surface area (Å²) in [6.45, 7) is 7.69. The van der Waals surface area contributed by atoms with Crippen molar-refractivity contribution in [1.29, 1.82) is 10.5 Å². The Balaban J connectivity index is 0.000000150. The number of hydrogen-bond acceptors (Lipinski definition) is 10. The third-order valence-corrected chi connectivity index (χ3v) is 14.8. The zero-order valence-corrected chi connectivity index (χ0v) is 31.5. The summed E-state index contributed by atoms with van der Waals surface area (Å²) in [7, 11) is 0. The number of aliphatic hydroxyl groups excluding tert-OH is 2. The predicted molar refractivity (Wildman–Crippen MR) is 185 cm³/mol. The molecule has 2 aromatic carbocycles. The second kappa shape index (κ2) is 12.1. The Morgan fingerprint density at radius 1 is 0.690 bits per heavy atom. The number of benzene rings is 2. The van der Waals surface area contributed by atoms with Gasteiger partial charge in [0.1, 0.15) is 23.7 Å². The second-order valence-electron chi connectivity index (χ2n) is 17.1. The van der Waals surface area contributed by atoms with Crippen molar-refractivity contribution >= 4 is 23.2 Å². The van der Waals surface area contributed by atoms with Crippen LogP contribution in [-0.2, 0) is 40.9 Å². The van der Waals surface area contributed by atoms with Crippen molar-refractivity contribution in [3.8, 4) is 12.1 Å². The summed E-state index contributed by atoms with van der Waals surface area (Å²) in [5, 5.41) is 39.8. The Labute approximate surface area is 327 Å². The van der Waals surface area contributed by atoms with Crippen molar-refractivity contribution in [2.45, 2.75) is 100.0 Å². The number of rotatable bonds is 2. The number of hydrogen-bond donors (Lipinski definition) is 2. The van der Waals surface area contributed by atoms with Crippen LogP contribution in [-0.4, -0.2) is 82.3 Å². The molecule has 2 N–H and O–H groups in total. The predicted octanol–water partition coefficient (Wildman–Crippen LogP) is 4.88. The Morgan fingerprint density at radius 2 is 1.05 bits per heavy atom. The molecule has 10 rings (SSSR count). The number of anilines is 2. The highest BCUT2D eigenvalue weighted by molar-refractivity contribution is 6.01. The molecule has 8 aliphatic heterocycles. The van der Waals surface area contributed by atoms with Crippen LogP contribution in [0.25, 0.3) is 0 Å². The number of fused-ring (bicyclic) bond motifs is 4. The minimum absolute atomic E-state index is 0.0305. The molecular formula is C40H38F6N4O8. The molecule has 0 aliphatic carbocycles. The lowest BCUT2D eigenvalue weighted by Crippen LogP contribution is -2.59. The molecular weight excluding hydrogens is 778 g/mol. The van der Waals surface area contributed by atoms with Gasteiger partial charge < -0.3 is 29.2 Å². The zero-order valence-electron chi connectivity index (χ0n) is 31.5. The van der Waals surface area contributed by atoms with Crippen LogP contribution in [0.4, 0.5) is 37.7 Å². The Morgan fingerprint density at radius 3 is 1.38 bits per heavy atom.